The number of nitrogens with one attached hydrogen (secondary N) is 1. The van der Waals surface area contributed by atoms with E-state index in [4.69, 9.17) is 4.98 Å². The van der Waals surface area contributed by atoms with Crippen molar-refractivity contribution in [1.29, 1.82) is 0 Å². The Labute approximate surface area is 190 Å². The van der Waals surface area contributed by atoms with Gasteiger partial charge in [0.25, 0.3) is 5.56 Å². The van der Waals surface area contributed by atoms with Gasteiger partial charge in [-0.05, 0) is 62.1 Å². The molecule has 1 aliphatic rings. The number of aromatic nitrogens is 5. The van der Waals surface area contributed by atoms with Crippen molar-refractivity contribution in [3.8, 4) is 11.1 Å². The number of anilines is 2. The van der Waals surface area contributed by atoms with Crippen molar-refractivity contribution in [3.63, 3.8) is 0 Å². The zero-order valence-corrected chi connectivity index (χ0v) is 18.6. The van der Waals surface area contributed by atoms with Crippen molar-refractivity contribution in [1.82, 2.24) is 24.5 Å². The van der Waals surface area contributed by atoms with Gasteiger partial charge >= 0.3 is 0 Å². The van der Waals surface area contributed by atoms with Gasteiger partial charge in [0.2, 0.25) is 5.95 Å². The molecule has 33 heavy (non-hydrogen) atoms. The Hall–Kier alpha value is -3.94. The number of nitrogens with zero attached hydrogens (tertiary/aromatic N) is 5. The number of hydrogen-bond acceptors (Lipinski definition) is 7. The van der Waals surface area contributed by atoms with Crippen molar-refractivity contribution >= 4 is 28.6 Å². The fourth-order valence-electron chi connectivity index (χ4n) is 4.61. The maximum Gasteiger partial charge on any atom is 0.263 e. The van der Waals surface area contributed by atoms with E-state index < -0.39 is 0 Å². The number of rotatable bonds is 5. The van der Waals surface area contributed by atoms with Crippen molar-refractivity contribution in [2.24, 2.45) is 0 Å². The van der Waals surface area contributed by atoms with Crippen LogP contribution in [0.15, 0.2) is 53.8 Å². The summed E-state index contributed by atoms with van der Waals surface area (Å²) in [6, 6.07) is 7.72. The number of carbonyl (C=O) groups excluding carboxylic acids is 1. The lowest BCUT2D eigenvalue weighted by molar-refractivity contribution is 0.101. The molecule has 4 aromatic rings. The van der Waals surface area contributed by atoms with Crippen LogP contribution in [0.25, 0.3) is 22.2 Å². The van der Waals surface area contributed by atoms with Crippen LogP contribution >= 0.6 is 0 Å². The molecule has 0 unspecified atom stereocenters. The second-order valence-electron chi connectivity index (χ2n) is 8.39. The molecule has 1 N–H and O–H groups in total. The van der Waals surface area contributed by atoms with Crippen LogP contribution in [-0.2, 0) is 0 Å². The molecule has 1 aliphatic carbocycles. The second kappa shape index (κ2) is 8.54. The minimum atomic E-state index is -0.260. The van der Waals surface area contributed by atoms with E-state index in [9.17, 15) is 9.59 Å². The Kier molecular flexibility index (Phi) is 5.42. The first-order valence-electron chi connectivity index (χ1n) is 11.1. The average molecular weight is 441 g/mol. The van der Waals surface area contributed by atoms with Gasteiger partial charge < -0.3 is 5.32 Å². The molecule has 0 radical (unpaired) electrons. The molecule has 1 fully saturated rings. The summed E-state index contributed by atoms with van der Waals surface area (Å²) in [6.07, 6.45) is 10.9. The van der Waals surface area contributed by atoms with E-state index in [2.05, 4.69) is 20.3 Å². The molecule has 1 saturated carbocycles. The Morgan fingerprint density at radius 3 is 2.45 bits per heavy atom. The van der Waals surface area contributed by atoms with Crippen LogP contribution < -0.4 is 10.9 Å². The third-order valence-corrected chi connectivity index (χ3v) is 6.27. The summed E-state index contributed by atoms with van der Waals surface area (Å²) in [6.45, 7) is 3.22. The number of fused-ring (bicyclic) bond motifs is 1. The standard InChI is InChI=1S/C25H24N6O2/c1-15-20-14-28-25(29-21-8-7-18(13-27-21)17-9-11-26-12-10-17)30-23(20)31(19-5-3-4-6-19)24(33)22(15)16(2)32/h7-14,19H,3-6H2,1-2H3,(H,27,28,29,30). The predicted octanol–water partition coefficient (Wildman–Crippen LogP) is 4.62. The van der Waals surface area contributed by atoms with Gasteiger partial charge in [-0.15, -0.1) is 0 Å². The SMILES string of the molecule is CC(=O)c1c(C)c2cnc(Nc3ccc(-c4ccncc4)cn3)nc2n(C2CCCC2)c1=O. The van der Waals surface area contributed by atoms with E-state index in [0.717, 1.165) is 42.2 Å². The van der Waals surface area contributed by atoms with Gasteiger partial charge in [-0.25, -0.2) is 9.97 Å². The van der Waals surface area contributed by atoms with Gasteiger partial charge in [0.1, 0.15) is 11.5 Å². The molecule has 8 nitrogen and oxygen atoms in total. The van der Waals surface area contributed by atoms with E-state index in [-0.39, 0.29) is 22.9 Å². The molecule has 0 bridgehead atoms. The second-order valence-corrected chi connectivity index (χ2v) is 8.39. The Bertz CT molecular complexity index is 1390. The molecule has 166 valence electrons. The fourth-order valence-corrected chi connectivity index (χ4v) is 4.61. The molecule has 0 aromatic carbocycles. The van der Waals surface area contributed by atoms with Crippen molar-refractivity contribution in [2.75, 3.05) is 5.32 Å². The van der Waals surface area contributed by atoms with Crippen LogP contribution in [0.3, 0.4) is 0 Å². The number of pyridine rings is 3. The number of Topliss-reactive ketones (excluding diaryl/α,β-unsaturated/α-hetero) is 1. The summed E-state index contributed by atoms with van der Waals surface area (Å²) < 4.78 is 1.71. The third-order valence-electron chi connectivity index (χ3n) is 6.27. The summed E-state index contributed by atoms with van der Waals surface area (Å²) in [5.74, 6) is 0.721. The molecular weight excluding hydrogens is 416 g/mol. The van der Waals surface area contributed by atoms with Crippen LogP contribution in [-0.4, -0.2) is 30.3 Å². The zero-order chi connectivity index (χ0) is 22.9. The quantitative estimate of drug-likeness (QED) is 0.452. The van der Waals surface area contributed by atoms with Gasteiger partial charge in [-0.2, -0.15) is 4.98 Å². The summed E-state index contributed by atoms with van der Waals surface area (Å²) in [7, 11) is 0. The molecule has 0 aliphatic heterocycles. The van der Waals surface area contributed by atoms with Crippen molar-refractivity contribution in [2.45, 2.75) is 45.6 Å². The molecule has 8 heteroatoms. The van der Waals surface area contributed by atoms with Crippen LogP contribution in [0.4, 0.5) is 11.8 Å². The molecule has 4 aromatic heterocycles. The average Bonchev–Trinajstić information content (AvgIpc) is 3.34. The first-order chi connectivity index (χ1) is 16.0. The zero-order valence-electron chi connectivity index (χ0n) is 18.6. The van der Waals surface area contributed by atoms with Crippen LogP contribution in [0.2, 0.25) is 0 Å². The lowest BCUT2D eigenvalue weighted by Crippen LogP contribution is -2.30. The summed E-state index contributed by atoms with van der Waals surface area (Å²) >= 11 is 0. The van der Waals surface area contributed by atoms with Crippen LogP contribution in [0.1, 0.15) is 54.6 Å². The largest absolute Gasteiger partial charge is 0.309 e. The number of ketones is 1. The highest BCUT2D eigenvalue weighted by molar-refractivity contribution is 5.99. The fraction of sp³-hybridized carbons (Fsp3) is 0.280. The first kappa shape index (κ1) is 20.9. The van der Waals surface area contributed by atoms with Crippen LogP contribution in [0, 0.1) is 6.92 Å². The predicted molar refractivity (Wildman–Crippen MR) is 127 cm³/mol. The molecule has 0 saturated heterocycles. The highest BCUT2D eigenvalue weighted by atomic mass is 16.1. The van der Waals surface area contributed by atoms with Gasteiger partial charge in [-0.1, -0.05) is 12.8 Å². The maximum atomic E-state index is 13.3. The smallest absolute Gasteiger partial charge is 0.263 e. The maximum absolute atomic E-state index is 13.3. The number of carbonyl (C=O) groups is 1. The number of hydrogen-bond donors (Lipinski definition) is 1. The van der Waals surface area contributed by atoms with Gasteiger partial charge in [-0.3, -0.25) is 19.1 Å². The molecule has 0 spiro atoms. The Morgan fingerprint density at radius 1 is 1.03 bits per heavy atom. The van der Waals surface area contributed by atoms with E-state index in [1.807, 2.05) is 24.3 Å². The number of aryl methyl sites for hydroxylation is 1. The van der Waals surface area contributed by atoms with Gasteiger partial charge in [0, 0.05) is 41.8 Å². The Balaban J connectivity index is 1.55. The molecule has 0 atom stereocenters. The molecule has 4 heterocycles. The minimum Gasteiger partial charge on any atom is -0.309 e. The summed E-state index contributed by atoms with van der Waals surface area (Å²) in [5.41, 5.74) is 3.16. The van der Waals surface area contributed by atoms with Crippen molar-refractivity contribution < 1.29 is 4.79 Å². The lowest BCUT2D eigenvalue weighted by Gasteiger charge is -2.19. The first-order valence-corrected chi connectivity index (χ1v) is 11.1. The minimum absolute atomic E-state index is 0.0409. The lowest BCUT2D eigenvalue weighted by atomic mass is 10.0. The topological polar surface area (TPSA) is 103 Å². The highest BCUT2D eigenvalue weighted by Crippen LogP contribution is 2.32. The van der Waals surface area contributed by atoms with E-state index in [0.29, 0.717) is 23.0 Å². The highest BCUT2D eigenvalue weighted by Gasteiger charge is 2.25. The summed E-state index contributed by atoms with van der Waals surface area (Å²) in [5, 5.41) is 3.86. The van der Waals surface area contributed by atoms with Crippen LogP contribution in [0.5, 0.6) is 0 Å². The molecule has 5 rings (SSSR count). The van der Waals surface area contributed by atoms with E-state index >= 15 is 0 Å². The molecular formula is C25H24N6O2. The normalized spacial score (nSPS) is 14.0. The monoisotopic (exact) mass is 440 g/mol. The van der Waals surface area contributed by atoms with Crippen molar-refractivity contribution in [3.05, 3.63) is 70.5 Å². The Morgan fingerprint density at radius 2 is 1.79 bits per heavy atom. The van der Waals surface area contributed by atoms with E-state index in [1.54, 1.807) is 36.3 Å². The summed E-state index contributed by atoms with van der Waals surface area (Å²) in [4.78, 5) is 43.2. The van der Waals surface area contributed by atoms with E-state index in [1.165, 1.54) is 6.92 Å². The van der Waals surface area contributed by atoms with Gasteiger partial charge in [0.05, 0.1) is 5.56 Å². The third kappa shape index (κ3) is 3.88. The van der Waals surface area contributed by atoms with Gasteiger partial charge in [0.15, 0.2) is 5.78 Å². The molecule has 0 amide bonds.